The first-order valence-corrected chi connectivity index (χ1v) is 10.2. The van der Waals surface area contributed by atoms with Gasteiger partial charge in [-0.05, 0) is 60.2 Å². The predicted octanol–water partition coefficient (Wildman–Crippen LogP) is 3.70. The number of halogens is 1. The standard InChI is InChI=1S/C25H22FN3O4/c1-29-25(31)22-19-12-15(18-13-16(24(28)30)5-8-20(18)32-11-10-27)4-9-21(19)33-23(22)14-2-6-17(26)7-3-14/h2-9,12-13H,10-11,27H2,1H3,(H2,28,30)(H,29,31). The van der Waals surface area contributed by atoms with Gasteiger partial charge in [0, 0.05) is 35.7 Å². The van der Waals surface area contributed by atoms with E-state index in [1.165, 1.54) is 19.2 Å². The van der Waals surface area contributed by atoms with Crippen LogP contribution in [0.25, 0.3) is 33.4 Å². The first kappa shape index (κ1) is 22.0. The summed E-state index contributed by atoms with van der Waals surface area (Å²) in [4.78, 5) is 24.6. The van der Waals surface area contributed by atoms with E-state index in [9.17, 15) is 14.0 Å². The van der Waals surface area contributed by atoms with Gasteiger partial charge in [0.05, 0.1) is 5.56 Å². The number of carbonyl (C=O) groups is 2. The Morgan fingerprint density at radius 2 is 1.76 bits per heavy atom. The van der Waals surface area contributed by atoms with Gasteiger partial charge in [-0.15, -0.1) is 0 Å². The molecule has 4 rings (SSSR count). The highest BCUT2D eigenvalue weighted by Crippen LogP contribution is 2.38. The van der Waals surface area contributed by atoms with Gasteiger partial charge in [0.2, 0.25) is 5.91 Å². The van der Waals surface area contributed by atoms with Crippen molar-refractivity contribution in [3.05, 3.63) is 77.6 Å². The maximum absolute atomic E-state index is 13.4. The van der Waals surface area contributed by atoms with Crippen LogP contribution in [0.3, 0.4) is 0 Å². The Labute approximate surface area is 189 Å². The molecule has 0 saturated heterocycles. The number of hydrogen-bond acceptors (Lipinski definition) is 5. The van der Waals surface area contributed by atoms with Gasteiger partial charge in [0.25, 0.3) is 5.91 Å². The molecule has 0 radical (unpaired) electrons. The summed E-state index contributed by atoms with van der Waals surface area (Å²) in [6.07, 6.45) is 0. The summed E-state index contributed by atoms with van der Waals surface area (Å²) in [5.74, 6) is -0.468. The number of rotatable bonds is 7. The highest BCUT2D eigenvalue weighted by Gasteiger charge is 2.22. The van der Waals surface area contributed by atoms with Crippen LogP contribution in [0.5, 0.6) is 5.75 Å². The smallest absolute Gasteiger partial charge is 0.255 e. The van der Waals surface area contributed by atoms with Gasteiger partial charge < -0.3 is 25.9 Å². The molecule has 0 aliphatic heterocycles. The average Bonchev–Trinajstić information content (AvgIpc) is 3.21. The van der Waals surface area contributed by atoms with Crippen LogP contribution in [0, 0.1) is 5.82 Å². The minimum atomic E-state index is -0.573. The topological polar surface area (TPSA) is 121 Å². The Hall–Kier alpha value is -4.17. The monoisotopic (exact) mass is 447 g/mol. The van der Waals surface area contributed by atoms with Crippen molar-refractivity contribution in [3.63, 3.8) is 0 Å². The molecule has 33 heavy (non-hydrogen) atoms. The fourth-order valence-corrected chi connectivity index (χ4v) is 3.62. The van der Waals surface area contributed by atoms with E-state index >= 15 is 0 Å². The molecular weight excluding hydrogens is 425 g/mol. The summed E-state index contributed by atoms with van der Waals surface area (Å²) >= 11 is 0. The van der Waals surface area contributed by atoms with Crippen LogP contribution in [0.2, 0.25) is 0 Å². The third-order valence-corrected chi connectivity index (χ3v) is 5.20. The van der Waals surface area contributed by atoms with E-state index in [4.69, 9.17) is 20.6 Å². The van der Waals surface area contributed by atoms with Crippen molar-refractivity contribution < 1.29 is 23.1 Å². The quantitative estimate of drug-likeness (QED) is 0.399. The molecule has 0 saturated carbocycles. The van der Waals surface area contributed by atoms with E-state index in [0.29, 0.717) is 56.8 Å². The summed E-state index contributed by atoms with van der Waals surface area (Å²) in [6.45, 7) is 0.606. The lowest BCUT2D eigenvalue weighted by Crippen LogP contribution is -2.18. The highest BCUT2D eigenvalue weighted by molar-refractivity contribution is 6.12. The number of fused-ring (bicyclic) bond motifs is 1. The first-order chi connectivity index (χ1) is 15.9. The second-order valence-corrected chi connectivity index (χ2v) is 7.32. The van der Waals surface area contributed by atoms with Gasteiger partial charge in [-0.3, -0.25) is 9.59 Å². The molecule has 3 aromatic carbocycles. The summed E-state index contributed by atoms with van der Waals surface area (Å²) in [5.41, 5.74) is 14.0. The normalized spacial score (nSPS) is 10.9. The zero-order valence-corrected chi connectivity index (χ0v) is 17.9. The van der Waals surface area contributed by atoms with Crippen molar-refractivity contribution in [2.75, 3.05) is 20.2 Å². The summed E-state index contributed by atoms with van der Waals surface area (Å²) in [6, 6.07) is 15.9. The van der Waals surface area contributed by atoms with Crippen molar-refractivity contribution >= 4 is 22.8 Å². The maximum atomic E-state index is 13.4. The fourth-order valence-electron chi connectivity index (χ4n) is 3.62. The van der Waals surface area contributed by atoms with Gasteiger partial charge >= 0.3 is 0 Å². The van der Waals surface area contributed by atoms with Crippen molar-refractivity contribution in [2.24, 2.45) is 11.5 Å². The van der Waals surface area contributed by atoms with Crippen LogP contribution >= 0.6 is 0 Å². The molecular formula is C25H22FN3O4. The molecule has 0 aliphatic rings. The number of carbonyl (C=O) groups excluding carboxylic acids is 2. The molecule has 168 valence electrons. The largest absolute Gasteiger partial charge is 0.492 e. The molecule has 2 amide bonds. The van der Waals surface area contributed by atoms with E-state index in [-0.39, 0.29) is 12.5 Å². The second-order valence-electron chi connectivity index (χ2n) is 7.32. The minimum Gasteiger partial charge on any atom is -0.492 e. The molecule has 0 spiro atoms. The molecule has 7 nitrogen and oxygen atoms in total. The van der Waals surface area contributed by atoms with Crippen molar-refractivity contribution in [1.29, 1.82) is 0 Å². The summed E-state index contributed by atoms with van der Waals surface area (Å²) in [5, 5.41) is 3.19. The number of ether oxygens (including phenoxy) is 1. The number of primary amides is 1. The number of amides is 2. The lowest BCUT2D eigenvalue weighted by atomic mass is 9.98. The SMILES string of the molecule is CNC(=O)c1c(-c2ccc(F)cc2)oc2ccc(-c3cc(C(N)=O)ccc3OCCN)cc12. The van der Waals surface area contributed by atoms with Gasteiger partial charge in [0.15, 0.2) is 0 Å². The molecule has 4 aromatic rings. The Balaban J connectivity index is 1.93. The van der Waals surface area contributed by atoms with Crippen molar-refractivity contribution in [1.82, 2.24) is 5.32 Å². The summed E-state index contributed by atoms with van der Waals surface area (Å²) < 4.78 is 25.2. The highest BCUT2D eigenvalue weighted by atomic mass is 19.1. The Kier molecular flexibility index (Phi) is 6.10. The number of furan rings is 1. The van der Waals surface area contributed by atoms with E-state index < -0.39 is 11.7 Å². The van der Waals surface area contributed by atoms with Crippen LogP contribution < -0.4 is 21.5 Å². The lowest BCUT2D eigenvalue weighted by molar-refractivity contribution is 0.0963. The zero-order chi connectivity index (χ0) is 23.5. The van der Waals surface area contributed by atoms with E-state index in [2.05, 4.69) is 5.32 Å². The molecule has 0 unspecified atom stereocenters. The van der Waals surface area contributed by atoms with Crippen LogP contribution in [0.15, 0.2) is 65.1 Å². The third kappa shape index (κ3) is 4.28. The Morgan fingerprint density at radius 3 is 2.42 bits per heavy atom. The van der Waals surface area contributed by atoms with Crippen LogP contribution in [0.4, 0.5) is 4.39 Å². The second kappa shape index (κ2) is 9.13. The van der Waals surface area contributed by atoms with E-state index in [0.717, 1.165) is 0 Å². The number of hydrogen-bond donors (Lipinski definition) is 3. The van der Waals surface area contributed by atoms with Gasteiger partial charge in [0.1, 0.15) is 29.5 Å². The summed E-state index contributed by atoms with van der Waals surface area (Å²) in [7, 11) is 1.52. The van der Waals surface area contributed by atoms with Crippen LogP contribution in [-0.4, -0.2) is 32.0 Å². The molecule has 0 bridgehead atoms. The molecule has 8 heteroatoms. The minimum absolute atomic E-state index is 0.287. The number of nitrogens with one attached hydrogen (secondary N) is 1. The molecule has 1 heterocycles. The average molecular weight is 447 g/mol. The van der Waals surface area contributed by atoms with Gasteiger partial charge in [-0.2, -0.15) is 0 Å². The molecule has 0 fully saturated rings. The molecule has 5 N–H and O–H groups in total. The predicted molar refractivity (Wildman–Crippen MR) is 124 cm³/mol. The number of benzene rings is 3. The van der Waals surface area contributed by atoms with Gasteiger partial charge in [-0.25, -0.2) is 4.39 Å². The maximum Gasteiger partial charge on any atom is 0.255 e. The Morgan fingerprint density at radius 1 is 1.03 bits per heavy atom. The molecule has 1 aromatic heterocycles. The first-order valence-electron chi connectivity index (χ1n) is 10.2. The van der Waals surface area contributed by atoms with E-state index in [1.54, 1.807) is 48.5 Å². The fraction of sp³-hybridized carbons (Fsp3) is 0.120. The molecule has 0 atom stereocenters. The van der Waals surface area contributed by atoms with Crippen LogP contribution in [-0.2, 0) is 0 Å². The lowest BCUT2D eigenvalue weighted by Gasteiger charge is -2.12. The van der Waals surface area contributed by atoms with E-state index in [1.807, 2.05) is 0 Å². The third-order valence-electron chi connectivity index (χ3n) is 5.20. The Bertz CT molecular complexity index is 1350. The van der Waals surface area contributed by atoms with Gasteiger partial charge in [-0.1, -0.05) is 6.07 Å². The van der Waals surface area contributed by atoms with Crippen LogP contribution in [0.1, 0.15) is 20.7 Å². The molecule has 0 aliphatic carbocycles. The van der Waals surface area contributed by atoms with Crippen molar-refractivity contribution in [3.8, 4) is 28.2 Å². The zero-order valence-electron chi connectivity index (χ0n) is 17.9. The van der Waals surface area contributed by atoms with Crippen molar-refractivity contribution in [2.45, 2.75) is 0 Å². The number of nitrogens with two attached hydrogens (primary N) is 2.